The lowest BCUT2D eigenvalue weighted by Gasteiger charge is -2.28. The van der Waals surface area contributed by atoms with Gasteiger partial charge in [-0.05, 0) is 19.4 Å². The van der Waals surface area contributed by atoms with E-state index in [2.05, 4.69) is 20.3 Å². The molecule has 0 aliphatic heterocycles. The number of hydrogen-bond acceptors (Lipinski definition) is 4. The van der Waals surface area contributed by atoms with E-state index in [1.54, 1.807) is 12.3 Å². The normalized spacial score (nSPS) is 14.3. The second-order valence-electron chi connectivity index (χ2n) is 4.89. The molecule has 1 atom stereocenters. The minimum absolute atomic E-state index is 0.103. The van der Waals surface area contributed by atoms with E-state index < -0.39 is 5.54 Å². The highest BCUT2D eigenvalue weighted by atomic mass is 16.3. The van der Waals surface area contributed by atoms with Gasteiger partial charge in [0.25, 0.3) is 5.91 Å². The van der Waals surface area contributed by atoms with E-state index in [0.29, 0.717) is 23.1 Å². The van der Waals surface area contributed by atoms with E-state index in [1.165, 1.54) is 6.33 Å². The zero-order valence-electron chi connectivity index (χ0n) is 11.1. The molecule has 0 aliphatic rings. The maximum Gasteiger partial charge on any atom is 0.271 e. The Morgan fingerprint density at radius 1 is 1.53 bits per heavy atom. The number of amides is 1. The first-order chi connectivity index (χ1) is 9.09. The number of fused-ring (bicyclic) bond motifs is 1. The van der Waals surface area contributed by atoms with Crippen molar-refractivity contribution in [3.63, 3.8) is 0 Å². The van der Waals surface area contributed by atoms with Crippen LogP contribution in [0.2, 0.25) is 0 Å². The van der Waals surface area contributed by atoms with Crippen molar-refractivity contribution in [2.24, 2.45) is 0 Å². The number of aliphatic hydroxyl groups is 1. The minimum Gasteiger partial charge on any atom is -0.394 e. The summed E-state index contributed by atoms with van der Waals surface area (Å²) < 4.78 is 0. The van der Waals surface area contributed by atoms with Gasteiger partial charge in [0.15, 0.2) is 0 Å². The van der Waals surface area contributed by atoms with Crippen LogP contribution in [0.5, 0.6) is 0 Å². The van der Waals surface area contributed by atoms with Gasteiger partial charge in [0, 0.05) is 6.20 Å². The molecular weight excluding hydrogens is 244 g/mol. The second-order valence-corrected chi connectivity index (χ2v) is 4.89. The summed E-state index contributed by atoms with van der Waals surface area (Å²) in [6, 6.07) is 1.76. The van der Waals surface area contributed by atoms with Crippen molar-refractivity contribution in [2.45, 2.75) is 32.2 Å². The Morgan fingerprint density at radius 3 is 3.00 bits per heavy atom. The molecule has 2 aromatic rings. The molecule has 0 aromatic carbocycles. The lowest BCUT2D eigenvalue weighted by molar-refractivity contribution is 0.0837. The van der Waals surface area contributed by atoms with Gasteiger partial charge in [0.2, 0.25) is 0 Å². The van der Waals surface area contributed by atoms with Gasteiger partial charge in [0.05, 0.1) is 17.5 Å². The van der Waals surface area contributed by atoms with Crippen molar-refractivity contribution in [3.05, 3.63) is 24.3 Å². The number of carbonyl (C=O) groups excluding carboxylic acids is 1. The van der Waals surface area contributed by atoms with E-state index in [-0.39, 0.29) is 12.5 Å². The SMILES string of the molecule is CCCC(C)(CO)NC(=O)c1ncnc2[nH]ccc12. The van der Waals surface area contributed by atoms with E-state index in [4.69, 9.17) is 0 Å². The molecular formula is C13H18N4O2. The highest BCUT2D eigenvalue weighted by molar-refractivity contribution is 6.03. The summed E-state index contributed by atoms with van der Waals surface area (Å²) in [7, 11) is 0. The Bertz CT molecular complexity index is 581. The highest BCUT2D eigenvalue weighted by Gasteiger charge is 2.26. The molecule has 19 heavy (non-hydrogen) atoms. The molecule has 2 aromatic heterocycles. The second kappa shape index (κ2) is 5.36. The standard InChI is InChI=1S/C13H18N4O2/c1-3-5-13(2,7-18)17-12(19)10-9-4-6-14-11(9)16-8-15-10/h4,6,8,18H,3,5,7H2,1-2H3,(H,17,19)(H,14,15,16). The van der Waals surface area contributed by atoms with Crippen LogP contribution >= 0.6 is 0 Å². The molecule has 0 radical (unpaired) electrons. The van der Waals surface area contributed by atoms with Gasteiger partial charge in [-0.3, -0.25) is 4.79 Å². The fraction of sp³-hybridized carbons (Fsp3) is 0.462. The Balaban J connectivity index is 2.27. The van der Waals surface area contributed by atoms with Crippen LogP contribution in [-0.4, -0.2) is 38.1 Å². The molecule has 0 saturated carbocycles. The average Bonchev–Trinajstić information content (AvgIpc) is 2.86. The third-order valence-corrected chi connectivity index (χ3v) is 3.14. The van der Waals surface area contributed by atoms with Crippen LogP contribution in [0.4, 0.5) is 0 Å². The van der Waals surface area contributed by atoms with Crippen molar-refractivity contribution >= 4 is 16.9 Å². The number of hydrogen-bond donors (Lipinski definition) is 3. The fourth-order valence-corrected chi connectivity index (χ4v) is 2.12. The topological polar surface area (TPSA) is 90.9 Å². The van der Waals surface area contributed by atoms with Crippen molar-refractivity contribution < 1.29 is 9.90 Å². The van der Waals surface area contributed by atoms with Crippen LogP contribution < -0.4 is 5.32 Å². The van der Waals surface area contributed by atoms with Crippen LogP contribution in [0.25, 0.3) is 11.0 Å². The van der Waals surface area contributed by atoms with Gasteiger partial charge in [-0.2, -0.15) is 0 Å². The molecule has 0 spiro atoms. The van der Waals surface area contributed by atoms with Gasteiger partial charge < -0.3 is 15.4 Å². The van der Waals surface area contributed by atoms with Gasteiger partial charge in [-0.15, -0.1) is 0 Å². The summed E-state index contributed by atoms with van der Waals surface area (Å²) in [5.41, 5.74) is 0.322. The maximum atomic E-state index is 12.3. The van der Waals surface area contributed by atoms with E-state index in [1.807, 2.05) is 13.8 Å². The number of H-pyrrole nitrogens is 1. The number of aromatic nitrogens is 3. The highest BCUT2D eigenvalue weighted by Crippen LogP contribution is 2.16. The quantitative estimate of drug-likeness (QED) is 0.756. The zero-order valence-corrected chi connectivity index (χ0v) is 11.1. The van der Waals surface area contributed by atoms with Crippen molar-refractivity contribution in [1.29, 1.82) is 0 Å². The molecule has 0 fully saturated rings. The predicted octanol–water partition coefficient (Wildman–Crippen LogP) is 1.24. The lowest BCUT2D eigenvalue weighted by Crippen LogP contribution is -2.49. The van der Waals surface area contributed by atoms with E-state index in [0.717, 1.165) is 6.42 Å². The predicted molar refractivity (Wildman–Crippen MR) is 71.8 cm³/mol. The number of carbonyl (C=O) groups is 1. The Hall–Kier alpha value is -1.95. The smallest absolute Gasteiger partial charge is 0.271 e. The largest absolute Gasteiger partial charge is 0.394 e. The molecule has 3 N–H and O–H groups in total. The van der Waals surface area contributed by atoms with Crippen LogP contribution in [0, 0.1) is 0 Å². The van der Waals surface area contributed by atoms with Crippen LogP contribution in [0.15, 0.2) is 18.6 Å². The van der Waals surface area contributed by atoms with Crippen LogP contribution in [0.1, 0.15) is 37.2 Å². The first-order valence-corrected chi connectivity index (χ1v) is 6.31. The van der Waals surface area contributed by atoms with Crippen LogP contribution in [-0.2, 0) is 0 Å². The van der Waals surface area contributed by atoms with Gasteiger partial charge in [-0.25, -0.2) is 9.97 Å². The molecule has 6 heteroatoms. The number of nitrogens with one attached hydrogen (secondary N) is 2. The molecule has 1 amide bonds. The summed E-state index contributed by atoms with van der Waals surface area (Å²) >= 11 is 0. The molecule has 0 saturated heterocycles. The van der Waals surface area contributed by atoms with Gasteiger partial charge >= 0.3 is 0 Å². The zero-order chi connectivity index (χ0) is 13.9. The average molecular weight is 262 g/mol. The van der Waals surface area contributed by atoms with Crippen LogP contribution in [0.3, 0.4) is 0 Å². The summed E-state index contributed by atoms with van der Waals surface area (Å²) in [5.74, 6) is -0.294. The first-order valence-electron chi connectivity index (χ1n) is 6.31. The summed E-state index contributed by atoms with van der Waals surface area (Å²) in [5, 5.41) is 13.0. The molecule has 0 aliphatic carbocycles. The maximum absolute atomic E-state index is 12.3. The Labute approximate surface area is 111 Å². The molecule has 6 nitrogen and oxygen atoms in total. The summed E-state index contributed by atoms with van der Waals surface area (Å²) in [4.78, 5) is 23.3. The number of nitrogens with zero attached hydrogens (tertiary/aromatic N) is 2. The number of aromatic amines is 1. The molecule has 0 bridgehead atoms. The molecule has 2 rings (SSSR count). The first kappa shape index (κ1) is 13.5. The third-order valence-electron chi connectivity index (χ3n) is 3.14. The summed E-state index contributed by atoms with van der Waals surface area (Å²) in [6.07, 6.45) is 4.65. The van der Waals surface area contributed by atoms with Crippen molar-refractivity contribution in [3.8, 4) is 0 Å². The number of rotatable bonds is 5. The minimum atomic E-state index is -0.626. The van der Waals surface area contributed by atoms with Crippen molar-refractivity contribution in [2.75, 3.05) is 6.61 Å². The van der Waals surface area contributed by atoms with E-state index >= 15 is 0 Å². The molecule has 102 valence electrons. The lowest BCUT2D eigenvalue weighted by atomic mass is 9.97. The molecule has 1 unspecified atom stereocenters. The van der Waals surface area contributed by atoms with Crippen molar-refractivity contribution in [1.82, 2.24) is 20.3 Å². The monoisotopic (exact) mass is 262 g/mol. The fourth-order valence-electron chi connectivity index (χ4n) is 2.12. The Morgan fingerprint density at radius 2 is 2.32 bits per heavy atom. The van der Waals surface area contributed by atoms with Gasteiger partial charge in [0.1, 0.15) is 17.7 Å². The molecule has 2 heterocycles. The number of aliphatic hydroxyl groups excluding tert-OH is 1. The Kier molecular flexibility index (Phi) is 3.80. The van der Waals surface area contributed by atoms with E-state index in [9.17, 15) is 9.90 Å². The third kappa shape index (κ3) is 2.73. The summed E-state index contributed by atoms with van der Waals surface area (Å²) in [6.45, 7) is 3.73. The van der Waals surface area contributed by atoms with Gasteiger partial charge in [-0.1, -0.05) is 13.3 Å².